The molecule has 3 aromatic rings. The van der Waals surface area contributed by atoms with Crippen LogP contribution in [-0.2, 0) is 20.7 Å². The summed E-state index contributed by atoms with van der Waals surface area (Å²) < 4.78 is 5.98. The maximum Gasteiger partial charge on any atom is 0.334 e. The first-order valence-electron chi connectivity index (χ1n) is 12.7. The topological polar surface area (TPSA) is 87.7 Å². The number of carboxylic acids is 1. The normalized spacial score (nSPS) is 15.4. The molecule has 0 radical (unpaired) electrons. The Kier molecular flexibility index (Phi) is 9.73. The molecule has 0 spiro atoms. The number of benzene rings is 3. The Bertz CT molecular complexity index is 1400. The Labute approximate surface area is 233 Å². The summed E-state index contributed by atoms with van der Waals surface area (Å²) in [6.07, 6.45) is 4.49. The van der Waals surface area contributed by atoms with E-state index in [1.54, 1.807) is 31.2 Å². The largest absolute Gasteiger partial charge is 0.478 e. The lowest BCUT2D eigenvalue weighted by atomic mass is 9.80. The number of carboxylic acid groups (broad SMARTS) is 1. The van der Waals surface area contributed by atoms with Crippen molar-refractivity contribution in [2.45, 2.75) is 19.3 Å². The van der Waals surface area contributed by atoms with Crippen molar-refractivity contribution in [2.75, 3.05) is 19.8 Å². The smallest absolute Gasteiger partial charge is 0.334 e. The molecule has 0 saturated heterocycles. The lowest BCUT2D eigenvalue weighted by Gasteiger charge is -2.31. The van der Waals surface area contributed by atoms with Crippen LogP contribution >= 0.6 is 11.6 Å². The van der Waals surface area contributed by atoms with Gasteiger partial charge in [-0.3, -0.25) is 4.79 Å². The number of allylic oxidation sites excluding steroid dienone is 1. The molecular formula is C32H31ClN2O4. The molecular weight excluding hydrogens is 512 g/mol. The van der Waals surface area contributed by atoms with Gasteiger partial charge < -0.3 is 20.5 Å². The van der Waals surface area contributed by atoms with Gasteiger partial charge in [0.05, 0.1) is 36.0 Å². The second kappa shape index (κ2) is 13.6. The minimum Gasteiger partial charge on any atom is -0.478 e. The van der Waals surface area contributed by atoms with Crippen LogP contribution in [0.3, 0.4) is 0 Å². The summed E-state index contributed by atoms with van der Waals surface area (Å²) in [7, 11) is 0. The van der Waals surface area contributed by atoms with Gasteiger partial charge in [0.15, 0.2) is 0 Å². The third kappa shape index (κ3) is 7.47. The number of hydrogen-bond donors (Lipinski definition) is 3. The van der Waals surface area contributed by atoms with E-state index in [0.29, 0.717) is 40.6 Å². The fourth-order valence-electron chi connectivity index (χ4n) is 4.60. The summed E-state index contributed by atoms with van der Waals surface area (Å²) in [6, 6.07) is 26.7. The monoisotopic (exact) mass is 542 g/mol. The highest BCUT2D eigenvalue weighted by Gasteiger charge is 2.37. The van der Waals surface area contributed by atoms with Gasteiger partial charge >= 0.3 is 5.97 Å². The predicted molar refractivity (Wildman–Crippen MR) is 154 cm³/mol. The van der Waals surface area contributed by atoms with Crippen LogP contribution in [0.4, 0.5) is 0 Å². The van der Waals surface area contributed by atoms with E-state index < -0.39 is 11.9 Å². The summed E-state index contributed by atoms with van der Waals surface area (Å²) in [5, 5.41) is 16.7. The van der Waals surface area contributed by atoms with Crippen LogP contribution in [0, 0.1) is 0 Å². The number of dihydropyridines is 1. The summed E-state index contributed by atoms with van der Waals surface area (Å²) in [6.45, 7) is 2.53. The number of aliphatic carboxylic acids is 1. The molecule has 7 heteroatoms. The highest BCUT2D eigenvalue weighted by atomic mass is 35.5. The highest BCUT2D eigenvalue weighted by molar-refractivity contribution is 6.30. The van der Waals surface area contributed by atoms with Gasteiger partial charge in [-0.2, -0.15) is 0 Å². The number of hydrogen-bond acceptors (Lipinski definition) is 4. The SMILES string of the molecule is CC1=C(C(=O)O)C(c2cccc(Cl)c2)C(C(=O)NCC=Cc2ccccc2)=C(COCCc2ccccc2)N1. The molecule has 0 aliphatic carbocycles. The minimum absolute atomic E-state index is 0.0929. The minimum atomic E-state index is -1.11. The average molecular weight is 543 g/mol. The van der Waals surface area contributed by atoms with E-state index in [0.717, 1.165) is 11.1 Å². The molecule has 0 saturated carbocycles. The quantitative estimate of drug-likeness (QED) is 0.269. The lowest BCUT2D eigenvalue weighted by molar-refractivity contribution is -0.133. The predicted octanol–water partition coefficient (Wildman–Crippen LogP) is 5.73. The first-order valence-corrected chi connectivity index (χ1v) is 13.1. The molecule has 200 valence electrons. The van der Waals surface area contributed by atoms with Crippen LogP contribution in [0.15, 0.2) is 114 Å². The Morgan fingerprint density at radius 2 is 1.72 bits per heavy atom. The van der Waals surface area contributed by atoms with E-state index in [4.69, 9.17) is 16.3 Å². The Balaban J connectivity index is 1.61. The number of amides is 1. The van der Waals surface area contributed by atoms with Crippen molar-refractivity contribution in [3.63, 3.8) is 0 Å². The molecule has 1 aliphatic heterocycles. The Hall–Kier alpha value is -4.13. The molecule has 3 aromatic carbocycles. The molecule has 3 N–H and O–H groups in total. The first kappa shape index (κ1) is 27.9. The number of rotatable bonds is 11. The third-order valence-corrected chi connectivity index (χ3v) is 6.65. The first-order chi connectivity index (χ1) is 18.9. The van der Waals surface area contributed by atoms with E-state index in [1.807, 2.05) is 72.8 Å². The molecule has 0 aromatic heterocycles. The maximum absolute atomic E-state index is 13.7. The van der Waals surface area contributed by atoms with Crippen LogP contribution < -0.4 is 10.6 Å². The fourth-order valence-corrected chi connectivity index (χ4v) is 4.80. The van der Waals surface area contributed by atoms with Crippen molar-refractivity contribution in [3.8, 4) is 0 Å². The number of halogens is 1. The van der Waals surface area contributed by atoms with E-state index in [2.05, 4.69) is 10.6 Å². The van der Waals surface area contributed by atoms with E-state index >= 15 is 0 Å². The summed E-state index contributed by atoms with van der Waals surface area (Å²) >= 11 is 6.28. The van der Waals surface area contributed by atoms with Crippen LogP contribution in [0.2, 0.25) is 5.02 Å². The molecule has 1 aliphatic rings. The zero-order valence-corrected chi connectivity index (χ0v) is 22.4. The van der Waals surface area contributed by atoms with Gasteiger partial charge in [0.1, 0.15) is 0 Å². The third-order valence-electron chi connectivity index (χ3n) is 6.42. The Morgan fingerprint density at radius 1 is 1.00 bits per heavy atom. The van der Waals surface area contributed by atoms with Gasteiger partial charge in [-0.1, -0.05) is 96.5 Å². The van der Waals surface area contributed by atoms with Crippen molar-refractivity contribution in [1.29, 1.82) is 0 Å². The molecule has 4 rings (SSSR count). The summed E-state index contributed by atoms with van der Waals surface area (Å²) in [5.41, 5.74) is 4.15. The molecule has 1 amide bonds. The van der Waals surface area contributed by atoms with Gasteiger partial charge in [0, 0.05) is 17.3 Å². The highest BCUT2D eigenvalue weighted by Crippen LogP contribution is 2.39. The van der Waals surface area contributed by atoms with Crippen molar-refractivity contribution in [3.05, 3.63) is 135 Å². The molecule has 39 heavy (non-hydrogen) atoms. The zero-order chi connectivity index (χ0) is 27.6. The molecule has 0 bridgehead atoms. The van der Waals surface area contributed by atoms with E-state index in [1.165, 1.54) is 0 Å². The Morgan fingerprint density at radius 3 is 2.41 bits per heavy atom. The molecule has 6 nitrogen and oxygen atoms in total. The van der Waals surface area contributed by atoms with Crippen LogP contribution in [0.5, 0.6) is 0 Å². The lowest BCUT2D eigenvalue weighted by Crippen LogP contribution is -2.38. The van der Waals surface area contributed by atoms with Gasteiger partial charge in [0.25, 0.3) is 0 Å². The molecule has 1 atom stereocenters. The second-order valence-corrected chi connectivity index (χ2v) is 9.60. The average Bonchev–Trinajstić information content (AvgIpc) is 2.94. The standard InChI is InChI=1S/C32H31ClN2O4/c1-22-28(32(37)38)29(25-15-8-16-26(33)20-25)30(31(36)34-18-9-14-23-10-4-2-5-11-23)27(35-22)21-39-19-17-24-12-6-3-7-13-24/h2-16,20,29,35H,17-19,21H2,1H3,(H,34,36)(H,37,38). The molecule has 1 heterocycles. The van der Waals surface area contributed by atoms with Crippen LogP contribution in [0.25, 0.3) is 6.08 Å². The van der Waals surface area contributed by atoms with Crippen LogP contribution in [0.1, 0.15) is 29.5 Å². The summed E-state index contributed by atoms with van der Waals surface area (Å²) in [4.78, 5) is 26.1. The van der Waals surface area contributed by atoms with Gasteiger partial charge in [-0.15, -0.1) is 0 Å². The van der Waals surface area contributed by atoms with Crippen molar-refractivity contribution in [2.24, 2.45) is 0 Å². The van der Waals surface area contributed by atoms with Gasteiger partial charge in [0.2, 0.25) is 5.91 Å². The van der Waals surface area contributed by atoms with Crippen molar-refractivity contribution < 1.29 is 19.4 Å². The van der Waals surface area contributed by atoms with Crippen molar-refractivity contribution in [1.82, 2.24) is 10.6 Å². The molecule has 1 unspecified atom stereocenters. The number of ether oxygens (including phenoxy) is 1. The van der Waals surface area contributed by atoms with Crippen LogP contribution in [-0.4, -0.2) is 36.7 Å². The van der Waals surface area contributed by atoms with Gasteiger partial charge in [-0.25, -0.2) is 4.79 Å². The zero-order valence-electron chi connectivity index (χ0n) is 21.7. The number of nitrogens with one attached hydrogen (secondary N) is 2. The number of carbonyl (C=O) groups excluding carboxylic acids is 1. The van der Waals surface area contributed by atoms with Crippen molar-refractivity contribution >= 4 is 29.6 Å². The number of carbonyl (C=O) groups is 2. The van der Waals surface area contributed by atoms with Gasteiger partial charge in [-0.05, 0) is 42.2 Å². The second-order valence-electron chi connectivity index (χ2n) is 9.16. The fraction of sp³-hybridized carbons (Fsp3) is 0.188. The van der Waals surface area contributed by atoms with E-state index in [9.17, 15) is 14.7 Å². The molecule has 0 fully saturated rings. The van der Waals surface area contributed by atoms with E-state index in [-0.39, 0.29) is 24.6 Å². The maximum atomic E-state index is 13.7. The summed E-state index contributed by atoms with van der Waals surface area (Å²) in [5.74, 6) is -2.31.